The normalized spacial score (nSPS) is 19.6. The molecule has 0 radical (unpaired) electrons. The number of carbonyl (C=O) groups excluding carboxylic acids is 1. The highest BCUT2D eigenvalue weighted by Crippen LogP contribution is 2.22. The van der Waals surface area contributed by atoms with Gasteiger partial charge in [0.25, 0.3) is 0 Å². The quantitative estimate of drug-likeness (QED) is 0.533. The lowest BCUT2D eigenvalue weighted by molar-refractivity contribution is -0.154. The molecule has 0 saturated heterocycles. The average Bonchev–Trinajstić information content (AvgIpc) is 2.22. The number of hydrogen-bond acceptors (Lipinski definition) is 2. The van der Waals surface area contributed by atoms with Crippen molar-refractivity contribution in [1.82, 2.24) is 0 Å². The largest absolute Gasteiger partial charge is 0.460 e. The summed E-state index contributed by atoms with van der Waals surface area (Å²) in [4.78, 5) is 11.5. The van der Waals surface area contributed by atoms with E-state index in [0.29, 0.717) is 12.3 Å². The molecule has 102 valence electrons. The van der Waals surface area contributed by atoms with E-state index in [1.54, 1.807) is 0 Å². The van der Waals surface area contributed by atoms with Crippen molar-refractivity contribution < 1.29 is 9.53 Å². The molecule has 0 saturated carbocycles. The Balaban J connectivity index is 2.12. The van der Waals surface area contributed by atoms with Crippen LogP contribution in [0.15, 0.2) is 23.8 Å². The van der Waals surface area contributed by atoms with Crippen LogP contribution in [0, 0.1) is 5.92 Å². The van der Waals surface area contributed by atoms with E-state index < -0.39 is 0 Å². The lowest BCUT2D eigenvalue weighted by Crippen LogP contribution is -2.23. The van der Waals surface area contributed by atoms with E-state index in [4.69, 9.17) is 4.74 Å². The van der Waals surface area contributed by atoms with Crippen LogP contribution in [0.1, 0.15) is 59.8 Å². The van der Waals surface area contributed by atoms with Crippen molar-refractivity contribution in [3.8, 4) is 0 Å². The number of unbranched alkanes of at least 4 members (excludes halogenated alkanes) is 1. The topological polar surface area (TPSA) is 26.3 Å². The molecule has 18 heavy (non-hydrogen) atoms. The summed E-state index contributed by atoms with van der Waals surface area (Å²) in [6.07, 6.45) is 11.7. The summed E-state index contributed by atoms with van der Waals surface area (Å²) in [5.41, 5.74) is 1.00. The molecule has 1 rings (SSSR count). The first-order chi connectivity index (χ1) is 8.37. The van der Waals surface area contributed by atoms with Gasteiger partial charge in [-0.25, -0.2) is 0 Å². The summed E-state index contributed by atoms with van der Waals surface area (Å²) in [7, 11) is 0. The Morgan fingerprint density at radius 2 is 2.11 bits per heavy atom. The third-order valence-corrected chi connectivity index (χ3v) is 2.94. The zero-order chi connectivity index (χ0) is 13.6. The summed E-state index contributed by atoms with van der Waals surface area (Å²) in [5, 5.41) is 0. The maximum Gasteiger partial charge on any atom is 0.306 e. The van der Waals surface area contributed by atoms with Gasteiger partial charge < -0.3 is 4.74 Å². The summed E-state index contributed by atoms with van der Waals surface area (Å²) in [5.74, 6) is 0.589. The van der Waals surface area contributed by atoms with Gasteiger partial charge in [-0.05, 0) is 52.9 Å². The maximum atomic E-state index is 11.5. The van der Waals surface area contributed by atoms with E-state index >= 15 is 0 Å². The van der Waals surface area contributed by atoms with E-state index in [1.807, 2.05) is 20.8 Å². The molecular weight excluding hydrogens is 224 g/mol. The summed E-state index contributed by atoms with van der Waals surface area (Å²) in [6.45, 7) is 7.87. The Morgan fingerprint density at radius 3 is 2.72 bits per heavy atom. The zero-order valence-electron chi connectivity index (χ0n) is 12.2. The Kier molecular flexibility index (Phi) is 5.64. The second-order valence-corrected chi connectivity index (χ2v) is 6.14. The highest BCUT2D eigenvalue weighted by Gasteiger charge is 2.15. The minimum atomic E-state index is -0.356. The summed E-state index contributed by atoms with van der Waals surface area (Å²) in [6, 6.07) is 0. The molecule has 2 heteroatoms. The number of esters is 1. The number of carbonyl (C=O) groups is 1. The summed E-state index contributed by atoms with van der Waals surface area (Å²) >= 11 is 0. The Hall–Kier alpha value is -1.05. The molecule has 0 aromatic carbocycles. The van der Waals surface area contributed by atoms with Gasteiger partial charge in [-0.2, -0.15) is 0 Å². The first-order valence-electron chi connectivity index (χ1n) is 6.93. The highest BCUT2D eigenvalue weighted by molar-refractivity contribution is 5.69. The predicted octanol–water partition coefficient (Wildman–Crippen LogP) is 4.41. The van der Waals surface area contributed by atoms with Gasteiger partial charge in [0.1, 0.15) is 5.60 Å². The van der Waals surface area contributed by atoms with Crippen LogP contribution in [-0.4, -0.2) is 11.6 Å². The fourth-order valence-corrected chi connectivity index (χ4v) is 2.19. The van der Waals surface area contributed by atoms with Crippen LogP contribution in [0.3, 0.4) is 0 Å². The molecule has 1 atom stereocenters. The molecule has 1 unspecified atom stereocenters. The second kappa shape index (κ2) is 6.77. The van der Waals surface area contributed by atoms with Crippen LogP contribution in [0.25, 0.3) is 0 Å². The van der Waals surface area contributed by atoms with Crippen LogP contribution in [0.5, 0.6) is 0 Å². The van der Waals surface area contributed by atoms with Gasteiger partial charge in [0.15, 0.2) is 0 Å². The molecule has 1 aliphatic rings. The van der Waals surface area contributed by atoms with Gasteiger partial charge >= 0.3 is 5.97 Å². The van der Waals surface area contributed by atoms with Gasteiger partial charge in [0, 0.05) is 6.42 Å². The van der Waals surface area contributed by atoms with Crippen LogP contribution in [0.2, 0.25) is 0 Å². The van der Waals surface area contributed by atoms with Crippen LogP contribution in [-0.2, 0) is 9.53 Å². The highest BCUT2D eigenvalue weighted by atomic mass is 16.6. The number of allylic oxidation sites excluding steroid dienone is 4. The molecule has 0 aliphatic heterocycles. The first-order valence-corrected chi connectivity index (χ1v) is 6.93. The number of hydrogen-bond donors (Lipinski definition) is 0. The third-order valence-electron chi connectivity index (χ3n) is 2.94. The molecule has 0 N–H and O–H groups in total. The molecular formula is C16H26O2. The van der Waals surface area contributed by atoms with Gasteiger partial charge in [-0.1, -0.05) is 30.2 Å². The number of rotatable bonds is 5. The molecule has 0 fully saturated rings. The Labute approximate surface area is 111 Å². The van der Waals surface area contributed by atoms with Crippen LogP contribution >= 0.6 is 0 Å². The van der Waals surface area contributed by atoms with Gasteiger partial charge in [0.05, 0.1) is 0 Å². The predicted molar refractivity (Wildman–Crippen MR) is 75.3 cm³/mol. The lowest BCUT2D eigenvalue weighted by Gasteiger charge is -2.19. The van der Waals surface area contributed by atoms with E-state index in [0.717, 1.165) is 19.3 Å². The van der Waals surface area contributed by atoms with Gasteiger partial charge in [-0.15, -0.1) is 0 Å². The van der Waals surface area contributed by atoms with E-state index in [9.17, 15) is 4.79 Å². The van der Waals surface area contributed by atoms with Gasteiger partial charge in [0.2, 0.25) is 0 Å². The van der Waals surface area contributed by atoms with Crippen molar-refractivity contribution in [1.29, 1.82) is 0 Å². The molecule has 1 aliphatic carbocycles. The Morgan fingerprint density at radius 1 is 1.39 bits per heavy atom. The van der Waals surface area contributed by atoms with Crippen molar-refractivity contribution in [2.75, 3.05) is 0 Å². The Bertz CT molecular complexity index is 331. The zero-order valence-corrected chi connectivity index (χ0v) is 12.2. The molecule has 0 heterocycles. The van der Waals surface area contributed by atoms with Gasteiger partial charge in [-0.3, -0.25) is 4.79 Å². The first kappa shape index (κ1) is 15.0. The van der Waals surface area contributed by atoms with Crippen molar-refractivity contribution in [3.05, 3.63) is 23.8 Å². The summed E-state index contributed by atoms with van der Waals surface area (Å²) < 4.78 is 5.28. The smallest absolute Gasteiger partial charge is 0.306 e. The minimum Gasteiger partial charge on any atom is -0.460 e. The third kappa shape index (κ3) is 6.63. The molecule has 0 bridgehead atoms. The molecule has 0 aromatic heterocycles. The molecule has 2 nitrogen and oxygen atoms in total. The minimum absolute atomic E-state index is 0.0715. The van der Waals surface area contributed by atoms with Crippen molar-refractivity contribution in [3.63, 3.8) is 0 Å². The van der Waals surface area contributed by atoms with Crippen molar-refractivity contribution in [2.45, 2.75) is 65.4 Å². The SMILES string of the molecule is CC1=CC(CCCCC(=O)OC(C)(C)C)CC=C1. The molecule has 0 amide bonds. The fourth-order valence-electron chi connectivity index (χ4n) is 2.19. The lowest BCUT2D eigenvalue weighted by atomic mass is 9.92. The van der Waals surface area contributed by atoms with Crippen molar-refractivity contribution >= 4 is 5.97 Å². The van der Waals surface area contributed by atoms with E-state index in [1.165, 1.54) is 12.0 Å². The molecule has 0 spiro atoms. The maximum absolute atomic E-state index is 11.5. The van der Waals surface area contributed by atoms with E-state index in [-0.39, 0.29) is 11.6 Å². The molecule has 0 aromatic rings. The van der Waals surface area contributed by atoms with Crippen molar-refractivity contribution in [2.24, 2.45) is 5.92 Å². The second-order valence-electron chi connectivity index (χ2n) is 6.14. The van der Waals surface area contributed by atoms with Crippen LogP contribution in [0.4, 0.5) is 0 Å². The fraction of sp³-hybridized carbons (Fsp3) is 0.688. The van der Waals surface area contributed by atoms with Crippen LogP contribution < -0.4 is 0 Å². The average molecular weight is 250 g/mol. The number of ether oxygens (including phenoxy) is 1. The standard InChI is InChI=1S/C16H26O2/c1-13-8-7-10-14(12-13)9-5-6-11-15(17)18-16(2,3)4/h7-8,12,14H,5-6,9-11H2,1-4H3. The van der Waals surface area contributed by atoms with E-state index in [2.05, 4.69) is 25.2 Å². The monoisotopic (exact) mass is 250 g/mol.